The first-order chi connectivity index (χ1) is 9.16. The van der Waals surface area contributed by atoms with E-state index in [1.165, 1.54) is 26.2 Å². The lowest BCUT2D eigenvalue weighted by atomic mass is 9.89. The van der Waals surface area contributed by atoms with Crippen molar-refractivity contribution in [3.8, 4) is 0 Å². The van der Waals surface area contributed by atoms with Crippen LogP contribution in [0.25, 0.3) is 11.2 Å². The van der Waals surface area contributed by atoms with E-state index in [9.17, 15) is 9.59 Å². The molecule has 2 aromatic heterocycles. The lowest BCUT2D eigenvalue weighted by Crippen LogP contribution is -2.21. The molecule has 1 fully saturated rings. The highest BCUT2D eigenvalue weighted by Crippen LogP contribution is 2.30. The molecule has 1 aliphatic rings. The molecule has 0 saturated heterocycles. The molecule has 6 nitrogen and oxygen atoms in total. The Labute approximate surface area is 109 Å². The van der Waals surface area contributed by atoms with Gasteiger partial charge in [0.1, 0.15) is 11.3 Å². The molecule has 1 aliphatic carbocycles. The molecular formula is C13H16N4O2. The summed E-state index contributed by atoms with van der Waals surface area (Å²) in [4.78, 5) is 34.5. The van der Waals surface area contributed by atoms with Crippen LogP contribution in [0.1, 0.15) is 55.6 Å². The number of nitrogens with zero attached hydrogens (tertiary/aromatic N) is 3. The number of aromatic amines is 1. The van der Waals surface area contributed by atoms with Gasteiger partial charge in [-0.05, 0) is 12.8 Å². The Bertz CT molecular complexity index is 679. The highest BCUT2D eigenvalue weighted by atomic mass is 16.2. The molecule has 6 heteroatoms. The fourth-order valence-electron chi connectivity index (χ4n) is 2.78. The van der Waals surface area contributed by atoms with Gasteiger partial charge in [0.2, 0.25) is 5.91 Å². The molecule has 19 heavy (non-hydrogen) atoms. The minimum absolute atomic E-state index is 0.328. The maximum absolute atomic E-state index is 11.7. The van der Waals surface area contributed by atoms with Gasteiger partial charge in [-0.15, -0.1) is 0 Å². The molecule has 2 heterocycles. The number of aromatic nitrogens is 4. The summed E-state index contributed by atoms with van der Waals surface area (Å²) in [6.45, 7) is 1.35. The van der Waals surface area contributed by atoms with Crippen molar-refractivity contribution in [2.45, 2.75) is 44.9 Å². The summed E-state index contributed by atoms with van der Waals surface area (Å²) < 4.78 is 1.07. The molecule has 0 aromatic carbocycles. The number of hydrogen-bond donors (Lipinski definition) is 1. The van der Waals surface area contributed by atoms with Crippen molar-refractivity contribution in [1.82, 2.24) is 19.5 Å². The molecule has 0 radical (unpaired) electrons. The molecule has 0 aliphatic heterocycles. The maximum atomic E-state index is 11.7. The molecule has 100 valence electrons. The van der Waals surface area contributed by atoms with Crippen molar-refractivity contribution in [2.24, 2.45) is 0 Å². The van der Waals surface area contributed by atoms with E-state index < -0.39 is 5.69 Å². The molecular weight excluding hydrogens is 244 g/mol. The Morgan fingerprint density at radius 1 is 1.37 bits per heavy atom. The Kier molecular flexibility index (Phi) is 2.93. The summed E-state index contributed by atoms with van der Waals surface area (Å²) in [6.07, 6.45) is 7.46. The van der Waals surface area contributed by atoms with E-state index in [4.69, 9.17) is 0 Å². The van der Waals surface area contributed by atoms with E-state index in [-0.39, 0.29) is 5.91 Å². The fraction of sp³-hybridized carbons (Fsp3) is 0.538. The molecule has 2 aromatic rings. The molecule has 1 saturated carbocycles. The Morgan fingerprint density at radius 2 is 2.11 bits per heavy atom. The average Bonchev–Trinajstić information content (AvgIpc) is 2.74. The van der Waals surface area contributed by atoms with Gasteiger partial charge in [0.05, 0.1) is 6.20 Å². The van der Waals surface area contributed by atoms with Gasteiger partial charge in [-0.25, -0.2) is 19.3 Å². The number of fused-ring (bicyclic) bond motifs is 1. The van der Waals surface area contributed by atoms with Gasteiger partial charge in [-0.2, -0.15) is 0 Å². The van der Waals surface area contributed by atoms with Crippen LogP contribution in [0, 0.1) is 0 Å². The molecule has 1 N–H and O–H groups in total. The molecule has 3 rings (SSSR count). The van der Waals surface area contributed by atoms with Crippen molar-refractivity contribution in [3.05, 3.63) is 22.5 Å². The smallest absolute Gasteiger partial charge is 0.290 e. The van der Waals surface area contributed by atoms with E-state index in [1.807, 2.05) is 0 Å². The van der Waals surface area contributed by atoms with E-state index in [1.54, 1.807) is 6.20 Å². The maximum Gasteiger partial charge on any atom is 0.334 e. The van der Waals surface area contributed by atoms with Gasteiger partial charge in [0, 0.05) is 12.8 Å². The number of hydrogen-bond acceptors (Lipinski definition) is 4. The average molecular weight is 260 g/mol. The zero-order valence-electron chi connectivity index (χ0n) is 10.8. The normalized spacial score (nSPS) is 16.9. The van der Waals surface area contributed by atoms with Gasteiger partial charge in [0.25, 0.3) is 0 Å². The molecule has 0 bridgehead atoms. The van der Waals surface area contributed by atoms with E-state index in [0.29, 0.717) is 17.1 Å². The molecule has 0 atom stereocenters. The Balaban J connectivity index is 2.06. The van der Waals surface area contributed by atoms with Crippen LogP contribution in [0.4, 0.5) is 0 Å². The summed E-state index contributed by atoms with van der Waals surface area (Å²) in [5.41, 5.74) is 0.463. The fourth-order valence-corrected chi connectivity index (χ4v) is 2.78. The lowest BCUT2D eigenvalue weighted by molar-refractivity contribution is 0.0937. The van der Waals surface area contributed by atoms with Crippen LogP contribution < -0.4 is 5.69 Å². The first-order valence-corrected chi connectivity index (χ1v) is 6.65. The topological polar surface area (TPSA) is 80.6 Å². The lowest BCUT2D eigenvalue weighted by Gasteiger charge is -2.19. The highest BCUT2D eigenvalue weighted by molar-refractivity contribution is 5.86. The van der Waals surface area contributed by atoms with Crippen LogP contribution in [0.5, 0.6) is 0 Å². The summed E-state index contributed by atoms with van der Waals surface area (Å²) in [5.74, 6) is 0.830. The zero-order chi connectivity index (χ0) is 13.4. The number of nitrogens with one attached hydrogen (secondary N) is 1. The second-order valence-electron chi connectivity index (χ2n) is 5.08. The van der Waals surface area contributed by atoms with Gasteiger partial charge in [-0.3, -0.25) is 9.78 Å². The van der Waals surface area contributed by atoms with Crippen molar-refractivity contribution >= 4 is 17.1 Å². The Hall–Kier alpha value is -1.98. The van der Waals surface area contributed by atoms with Gasteiger partial charge < -0.3 is 0 Å². The predicted octanol–water partition coefficient (Wildman–Crippen LogP) is 1.83. The van der Waals surface area contributed by atoms with Crippen LogP contribution in [0.3, 0.4) is 0 Å². The van der Waals surface area contributed by atoms with Gasteiger partial charge in [-0.1, -0.05) is 19.3 Å². The van der Waals surface area contributed by atoms with Crippen LogP contribution in [-0.2, 0) is 0 Å². The summed E-state index contributed by atoms with van der Waals surface area (Å²) >= 11 is 0. The van der Waals surface area contributed by atoms with Crippen molar-refractivity contribution in [2.75, 3.05) is 0 Å². The summed E-state index contributed by atoms with van der Waals surface area (Å²) in [6, 6.07) is 0. The van der Waals surface area contributed by atoms with Gasteiger partial charge in [0.15, 0.2) is 5.65 Å². The van der Waals surface area contributed by atoms with E-state index in [0.717, 1.165) is 23.2 Å². The summed E-state index contributed by atoms with van der Waals surface area (Å²) in [5, 5.41) is 0. The number of H-pyrrole nitrogens is 1. The second kappa shape index (κ2) is 4.60. The third-order valence-corrected chi connectivity index (χ3v) is 3.74. The van der Waals surface area contributed by atoms with Crippen molar-refractivity contribution in [3.63, 3.8) is 0 Å². The third kappa shape index (κ3) is 2.07. The first kappa shape index (κ1) is 12.1. The quantitative estimate of drug-likeness (QED) is 0.848. The molecule has 0 unspecified atom stereocenters. The molecule has 0 amide bonds. The zero-order valence-corrected chi connectivity index (χ0v) is 10.8. The second-order valence-corrected chi connectivity index (χ2v) is 5.08. The highest BCUT2D eigenvalue weighted by Gasteiger charge is 2.20. The minimum Gasteiger partial charge on any atom is -0.290 e. The monoisotopic (exact) mass is 260 g/mol. The first-order valence-electron chi connectivity index (χ1n) is 6.65. The Morgan fingerprint density at radius 3 is 2.79 bits per heavy atom. The van der Waals surface area contributed by atoms with Gasteiger partial charge >= 0.3 is 5.69 Å². The van der Waals surface area contributed by atoms with Crippen molar-refractivity contribution < 1.29 is 4.79 Å². The minimum atomic E-state index is -0.447. The standard InChI is InChI=1S/C13H16N4O2/c1-8(18)17-10-7-14-11(9-5-3-2-4-6-9)15-12(10)16-13(17)19/h7,9H,2-6H2,1H3,(H,14,15,16,19). The van der Waals surface area contributed by atoms with E-state index >= 15 is 0 Å². The molecule has 0 spiro atoms. The van der Waals surface area contributed by atoms with Crippen LogP contribution >= 0.6 is 0 Å². The summed E-state index contributed by atoms with van der Waals surface area (Å²) in [7, 11) is 0. The number of carbonyl (C=O) groups excluding carboxylic acids is 1. The number of carbonyl (C=O) groups is 1. The third-order valence-electron chi connectivity index (χ3n) is 3.74. The van der Waals surface area contributed by atoms with Crippen LogP contribution in [-0.4, -0.2) is 25.4 Å². The largest absolute Gasteiger partial charge is 0.334 e. The van der Waals surface area contributed by atoms with Crippen LogP contribution in [0.2, 0.25) is 0 Å². The number of rotatable bonds is 1. The van der Waals surface area contributed by atoms with Crippen LogP contribution in [0.15, 0.2) is 11.0 Å². The van der Waals surface area contributed by atoms with E-state index in [2.05, 4.69) is 15.0 Å². The number of imidazole rings is 1. The predicted molar refractivity (Wildman–Crippen MR) is 70.3 cm³/mol. The SMILES string of the molecule is CC(=O)n1c(=O)[nH]c2nc(C3CCCCC3)ncc21. The van der Waals surface area contributed by atoms with Crippen molar-refractivity contribution in [1.29, 1.82) is 0 Å².